The van der Waals surface area contributed by atoms with Crippen molar-refractivity contribution < 1.29 is 0 Å². The zero-order valence-corrected chi connectivity index (χ0v) is 10.4. The maximum absolute atomic E-state index is 5.90. The first-order valence-electron chi connectivity index (χ1n) is 5.96. The lowest BCUT2D eigenvalue weighted by atomic mass is 10.1. The van der Waals surface area contributed by atoms with Gasteiger partial charge in [-0.2, -0.15) is 4.98 Å². The molecule has 5 nitrogen and oxygen atoms in total. The quantitative estimate of drug-likeness (QED) is 0.785. The molecule has 1 aromatic heterocycles. The van der Waals surface area contributed by atoms with E-state index in [2.05, 4.69) is 35.8 Å². The van der Waals surface area contributed by atoms with Crippen molar-refractivity contribution in [3.05, 3.63) is 0 Å². The standard InChI is InChI=1S/C11H21N5/c1-11(2,3)16-9(12)13-10(14-16)15-7-5-4-6-8-15/h4-8H2,1-3H3,(H2,12,13,14). The highest BCUT2D eigenvalue weighted by Gasteiger charge is 2.22. The Kier molecular flexibility index (Phi) is 2.78. The van der Waals surface area contributed by atoms with Crippen LogP contribution >= 0.6 is 0 Å². The van der Waals surface area contributed by atoms with Crippen LogP contribution in [0.15, 0.2) is 0 Å². The molecule has 2 rings (SSSR count). The number of piperidine rings is 1. The molecule has 0 aliphatic carbocycles. The number of anilines is 2. The molecule has 2 heterocycles. The van der Waals surface area contributed by atoms with Gasteiger partial charge in [0.2, 0.25) is 11.9 Å². The molecule has 0 radical (unpaired) electrons. The lowest BCUT2D eigenvalue weighted by molar-refractivity contribution is 0.360. The predicted molar refractivity (Wildman–Crippen MR) is 65.5 cm³/mol. The predicted octanol–water partition coefficient (Wildman–Crippen LogP) is 1.61. The summed E-state index contributed by atoms with van der Waals surface area (Å²) in [6.45, 7) is 8.34. The van der Waals surface area contributed by atoms with E-state index in [1.54, 1.807) is 4.68 Å². The first-order valence-corrected chi connectivity index (χ1v) is 5.96. The molecule has 2 N–H and O–H groups in total. The van der Waals surface area contributed by atoms with Crippen LogP contribution in [0.25, 0.3) is 0 Å². The SMILES string of the molecule is CC(C)(C)n1nc(N2CCCCC2)nc1N. The number of hydrogen-bond acceptors (Lipinski definition) is 4. The summed E-state index contributed by atoms with van der Waals surface area (Å²) in [6, 6.07) is 0. The van der Waals surface area contributed by atoms with Gasteiger partial charge in [-0.25, -0.2) is 4.68 Å². The average molecular weight is 223 g/mol. The molecule has 1 saturated heterocycles. The summed E-state index contributed by atoms with van der Waals surface area (Å²) in [5.74, 6) is 1.29. The van der Waals surface area contributed by atoms with Crippen LogP contribution in [0.1, 0.15) is 40.0 Å². The minimum Gasteiger partial charge on any atom is -0.368 e. The fraction of sp³-hybridized carbons (Fsp3) is 0.818. The van der Waals surface area contributed by atoms with Gasteiger partial charge in [-0.1, -0.05) is 0 Å². The van der Waals surface area contributed by atoms with Crippen molar-refractivity contribution in [2.24, 2.45) is 0 Å². The Morgan fingerprint density at radius 3 is 2.25 bits per heavy atom. The molecule has 0 spiro atoms. The molecule has 5 heteroatoms. The van der Waals surface area contributed by atoms with E-state index in [4.69, 9.17) is 5.73 Å². The average Bonchev–Trinajstić information content (AvgIpc) is 2.61. The minimum absolute atomic E-state index is 0.106. The minimum atomic E-state index is -0.106. The molecule has 0 aromatic carbocycles. The second kappa shape index (κ2) is 3.96. The molecule has 0 amide bonds. The summed E-state index contributed by atoms with van der Waals surface area (Å²) in [7, 11) is 0. The summed E-state index contributed by atoms with van der Waals surface area (Å²) in [5, 5.41) is 4.51. The van der Waals surface area contributed by atoms with Crippen LogP contribution in [0.5, 0.6) is 0 Å². The molecule has 0 unspecified atom stereocenters. The Morgan fingerprint density at radius 1 is 1.12 bits per heavy atom. The number of aromatic nitrogens is 3. The summed E-state index contributed by atoms with van der Waals surface area (Å²) in [6.07, 6.45) is 3.76. The van der Waals surface area contributed by atoms with Crippen molar-refractivity contribution in [2.75, 3.05) is 23.7 Å². The lowest BCUT2D eigenvalue weighted by Gasteiger charge is -2.25. The number of hydrogen-bond donors (Lipinski definition) is 1. The molecule has 1 aliphatic rings. The van der Waals surface area contributed by atoms with E-state index in [1.165, 1.54) is 19.3 Å². The Hall–Kier alpha value is -1.26. The second-order valence-corrected chi connectivity index (χ2v) is 5.40. The highest BCUT2D eigenvalue weighted by Crippen LogP contribution is 2.22. The van der Waals surface area contributed by atoms with Gasteiger partial charge in [0.1, 0.15) is 0 Å². The Morgan fingerprint density at radius 2 is 1.75 bits per heavy atom. The highest BCUT2D eigenvalue weighted by atomic mass is 15.5. The Bertz CT molecular complexity index is 357. The molecule has 16 heavy (non-hydrogen) atoms. The van der Waals surface area contributed by atoms with Crippen LogP contribution in [0.4, 0.5) is 11.9 Å². The molecule has 0 bridgehead atoms. The van der Waals surface area contributed by atoms with Crippen molar-refractivity contribution in [3.8, 4) is 0 Å². The number of nitrogens with two attached hydrogens (primary N) is 1. The Balaban J connectivity index is 2.23. The van der Waals surface area contributed by atoms with E-state index >= 15 is 0 Å². The van der Waals surface area contributed by atoms with Crippen LogP contribution in [-0.4, -0.2) is 27.9 Å². The third-order valence-corrected chi connectivity index (χ3v) is 2.90. The topological polar surface area (TPSA) is 60.0 Å². The van der Waals surface area contributed by atoms with E-state index in [-0.39, 0.29) is 5.54 Å². The van der Waals surface area contributed by atoms with Gasteiger partial charge in [-0.3, -0.25) is 0 Å². The molecule has 1 aliphatic heterocycles. The van der Waals surface area contributed by atoms with Gasteiger partial charge in [0.05, 0.1) is 5.54 Å². The second-order valence-electron chi connectivity index (χ2n) is 5.40. The maximum atomic E-state index is 5.90. The van der Waals surface area contributed by atoms with Crippen LogP contribution in [-0.2, 0) is 5.54 Å². The number of rotatable bonds is 1. The van der Waals surface area contributed by atoms with E-state index in [0.29, 0.717) is 5.95 Å². The van der Waals surface area contributed by atoms with Crippen LogP contribution < -0.4 is 10.6 Å². The molecule has 0 atom stereocenters. The fourth-order valence-electron chi connectivity index (χ4n) is 2.03. The fourth-order valence-corrected chi connectivity index (χ4v) is 2.03. The van der Waals surface area contributed by atoms with Crippen molar-refractivity contribution in [1.82, 2.24) is 14.8 Å². The van der Waals surface area contributed by atoms with Gasteiger partial charge in [-0.05, 0) is 40.0 Å². The number of nitrogen functional groups attached to an aromatic ring is 1. The van der Waals surface area contributed by atoms with E-state index < -0.39 is 0 Å². The maximum Gasteiger partial charge on any atom is 0.246 e. The summed E-state index contributed by atoms with van der Waals surface area (Å²) >= 11 is 0. The van der Waals surface area contributed by atoms with Crippen LogP contribution in [0, 0.1) is 0 Å². The van der Waals surface area contributed by atoms with Crippen molar-refractivity contribution in [2.45, 2.75) is 45.6 Å². The van der Waals surface area contributed by atoms with Gasteiger partial charge in [-0.15, -0.1) is 5.10 Å². The third kappa shape index (κ3) is 2.13. The lowest BCUT2D eigenvalue weighted by Crippen LogP contribution is -2.31. The summed E-state index contributed by atoms with van der Waals surface area (Å²) in [4.78, 5) is 6.58. The van der Waals surface area contributed by atoms with E-state index in [9.17, 15) is 0 Å². The van der Waals surface area contributed by atoms with Gasteiger partial charge >= 0.3 is 0 Å². The van der Waals surface area contributed by atoms with E-state index in [1.807, 2.05) is 0 Å². The largest absolute Gasteiger partial charge is 0.368 e. The third-order valence-electron chi connectivity index (χ3n) is 2.90. The zero-order chi connectivity index (χ0) is 11.8. The van der Waals surface area contributed by atoms with Crippen molar-refractivity contribution in [1.29, 1.82) is 0 Å². The van der Waals surface area contributed by atoms with Crippen LogP contribution in [0.3, 0.4) is 0 Å². The zero-order valence-electron chi connectivity index (χ0n) is 10.4. The molecular formula is C11H21N5. The van der Waals surface area contributed by atoms with Gasteiger partial charge in [0.15, 0.2) is 0 Å². The molecule has 1 fully saturated rings. The Labute approximate surface area is 96.6 Å². The first-order chi connectivity index (χ1) is 7.48. The smallest absolute Gasteiger partial charge is 0.246 e. The van der Waals surface area contributed by atoms with Crippen LogP contribution in [0.2, 0.25) is 0 Å². The van der Waals surface area contributed by atoms with Gasteiger partial charge in [0, 0.05) is 13.1 Å². The normalized spacial score (nSPS) is 17.8. The van der Waals surface area contributed by atoms with Crippen molar-refractivity contribution >= 4 is 11.9 Å². The molecule has 1 aromatic rings. The number of nitrogens with zero attached hydrogens (tertiary/aromatic N) is 4. The molecule has 0 saturated carbocycles. The first kappa shape index (κ1) is 11.2. The monoisotopic (exact) mass is 223 g/mol. The molecular weight excluding hydrogens is 202 g/mol. The highest BCUT2D eigenvalue weighted by molar-refractivity contribution is 5.35. The van der Waals surface area contributed by atoms with Gasteiger partial charge in [0.25, 0.3) is 0 Å². The van der Waals surface area contributed by atoms with Gasteiger partial charge < -0.3 is 10.6 Å². The summed E-state index contributed by atoms with van der Waals surface area (Å²) < 4.78 is 1.80. The van der Waals surface area contributed by atoms with Crippen molar-refractivity contribution in [3.63, 3.8) is 0 Å². The molecule has 90 valence electrons. The van der Waals surface area contributed by atoms with E-state index in [0.717, 1.165) is 19.0 Å². The summed E-state index contributed by atoms with van der Waals surface area (Å²) in [5.41, 5.74) is 5.79.